The molecule has 0 spiro atoms. The zero-order valence-electron chi connectivity index (χ0n) is 17.5. The van der Waals surface area contributed by atoms with Crippen molar-refractivity contribution in [2.45, 2.75) is 17.9 Å². The molecule has 0 unspecified atom stereocenters. The van der Waals surface area contributed by atoms with E-state index in [2.05, 4.69) is 10.6 Å². The van der Waals surface area contributed by atoms with Crippen molar-refractivity contribution in [3.05, 3.63) is 77.0 Å². The molecule has 168 valence electrons. The molecular weight excluding hydrogens is 436 g/mol. The molecule has 1 aliphatic heterocycles. The quantitative estimate of drug-likeness (QED) is 0.608. The molecule has 32 heavy (non-hydrogen) atoms. The number of sulfone groups is 1. The minimum absolute atomic E-state index is 0.0195. The van der Waals surface area contributed by atoms with E-state index in [1.165, 1.54) is 24.3 Å². The normalized spacial score (nSPS) is 16.1. The van der Waals surface area contributed by atoms with Crippen molar-refractivity contribution in [3.8, 4) is 0 Å². The standard InChI is InChI=1S/C22H22N2O7S/c1-3-30-21(26)18-17(23-22(27)24-19(18)14-8-5-4-6-9-14)13-31-20(25)15-10-7-11-16(12-15)32(2,28)29/h4-12,19H,3,13H2,1-2H3,(H2,23,24,27)/t19-/m0/s1. The van der Waals surface area contributed by atoms with Gasteiger partial charge in [0, 0.05) is 6.26 Å². The molecule has 0 radical (unpaired) electrons. The number of nitrogens with one attached hydrogen (secondary N) is 2. The highest BCUT2D eigenvalue weighted by molar-refractivity contribution is 7.90. The molecule has 0 aromatic heterocycles. The van der Waals surface area contributed by atoms with Gasteiger partial charge in [-0.3, -0.25) is 0 Å². The summed E-state index contributed by atoms with van der Waals surface area (Å²) in [5.74, 6) is -1.48. The molecule has 1 aliphatic rings. The lowest BCUT2D eigenvalue weighted by Gasteiger charge is -2.29. The number of hydrogen-bond donors (Lipinski definition) is 2. The summed E-state index contributed by atoms with van der Waals surface area (Å²) in [5.41, 5.74) is 0.852. The molecule has 2 aromatic rings. The molecule has 0 bridgehead atoms. The van der Waals surface area contributed by atoms with Crippen LogP contribution in [0.1, 0.15) is 28.9 Å². The van der Waals surface area contributed by atoms with Crippen LogP contribution in [0.5, 0.6) is 0 Å². The van der Waals surface area contributed by atoms with Gasteiger partial charge in [0.25, 0.3) is 0 Å². The molecule has 1 atom stereocenters. The van der Waals surface area contributed by atoms with E-state index in [-0.39, 0.29) is 28.3 Å². The van der Waals surface area contributed by atoms with Crippen LogP contribution in [0, 0.1) is 0 Å². The molecule has 2 N–H and O–H groups in total. The fourth-order valence-electron chi connectivity index (χ4n) is 3.15. The Labute approximate surface area is 185 Å². The van der Waals surface area contributed by atoms with Crippen molar-refractivity contribution in [1.82, 2.24) is 10.6 Å². The molecule has 0 saturated heterocycles. The molecule has 0 saturated carbocycles. The SMILES string of the molecule is CCOC(=O)C1=C(COC(=O)c2cccc(S(C)(=O)=O)c2)NC(=O)N[C@H]1c1ccccc1. The van der Waals surface area contributed by atoms with Crippen LogP contribution in [0.25, 0.3) is 0 Å². The summed E-state index contributed by atoms with van der Waals surface area (Å²) in [7, 11) is -3.51. The highest BCUT2D eigenvalue weighted by Crippen LogP contribution is 2.28. The van der Waals surface area contributed by atoms with E-state index in [9.17, 15) is 22.8 Å². The van der Waals surface area contributed by atoms with Gasteiger partial charge in [0.15, 0.2) is 9.84 Å². The van der Waals surface area contributed by atoms with Crippen molar-refractivity contribution < 1.29 is 32.3 Å². The van der Waals surface area contributed by atoms with Crippen molar-refractivity contribution in [2.75, 3.05) is 19.5 Å². The van der Waals surface area contributed by atoms with Crippen LogP contribution in [0.3, 0.4) is 0 Å². The van der Waals surface area contributed by atoms with E-state index < -0.39 is 40.5 Å². The lowest BCUT2D eigenvalue weighted by Crippen LogP contribution is -2.47. The molecule has 2 amide bonds. The summed E-state index contributed by atoms with van der Waals surface area (Å²) in [6.07, 6.45) is 1.03. The summed E-state index contributed by atoms with van der Waals surface area (Å²) in [6.45, 7) is 1.34. The Balaban J connectivity index is 1.91. The van der Waals surface area contributed by atoms with Gasteiger partial charge in [-0.1, -0.05) is 36.4 Å². The van der Waals surface area contributed by atoms with Gasteiger partial charge in [0.2, 0.25) is 0 Å². The summed E-state index contributed by atoms with van der Waals surface area (Å²) >= 11 is 0. The Morgan fingerprint density at radius 3 is 2.38 bits per heavy atom. The van der Waals surface area contributed by atoms with E-state index in [4.69, 9.17) is 9.47 Å². The van der Waals surface area contributed by atoms with Gasteiger partial charge >= 0.3 is 18.0 Å². The van der Waals surface area contributed by atoms with Crippen LogP contribution >= 0.6 is 0 Å². The fraction of sp³-hybridized carbons (Fsp3) is 0.227. The van der Waals surface area contributed by atoms with E-state index in [0.29, 0.717) is 5.56 Å². The van der Waals surface area contributed by atoms with Gasteiger partial charge in [-0.15, -0.1) is 0 Å². The van der Waals surface area contributed by atoms with Crippen LogP contribution in [0.2, 0.25) is 0 Å². The first-order valence-electron chi connectivity index (χ1n) is 9.70. The highest BCUT2D eigenvalue weighted by atomic mass is 32.2. The number of ether oxygens (including phenoxy) is 2. The maximum atomic E-state index is 12.7. The van der Waals surface area contributed by atoms with Gasteiger partial charge < -0.3 is 20.1 Å². The minimum Gasteiger partial charge on any atom is -0.463 e. The molecule has 0 fully saturated rings. The Morgan fingerprint density at radius 1 is 1.00 bits per heavy atom. The summed E-state index contributed by atoms with van der Waals surface area (Å²) in [5, 5.41) is 5.18. The summed E-state index contributed by atoms with van der Waals surface area (Å²) < 4.78 is 33.9. The Kier molecular flexibility index (Phi) is 6.94. The predicted molar refractivity (Wildman–Crippen MR) is 114 cm³/mol. The zero-order valence-corrected chi connectivity index (χ0v) is 18.3. The van der Waals surface area contributed by atoms with Crippen LogP contribution in [-0.2, 0) is 24.1 Å². The van der Waals surface area contributed by atoms with E-state index in [0.717, 1.165) is 6.26 Å². The van der Waals surface area contributed by atoms with Crippen LogP contribution in [-0.4, -0.2) is 45.9 Å². The molecule has 9 nitrogen and oxygen atoms in total. The molecule has 0 aliphatic carbocycles. The molecule has 3 rings (SSSR count). The fourth-order valence-corrected chi connectivity index (χ4v) is 3.82. The Hall–Kier alpha value is -3.66. The predicted octanol–water partition coefficient (Wildman–Crippen LogP) is 2.12. The Bertz CT molecular complexity index is 1170. The van der Waals surface area contributed by atoms with E-state index >= 15 is 0 Å². The highest BCUT2D eigenvalue weighted by Gasteiger charge is 2.34. The maximum Gasteiger partial charge on any atom is 0.338 e. The van der Waals surface area contributed by atoms with E-state index in [1.54, 1.807) is 37.3 Å². The minimum atomic E-state index is -3.51. The monoisotopic (exact) mass is 458 g/mol. The molecule has 10 heteroatoms. The lowest BCUT2D eigenvalue weighted by atomic mass is 9.95. The number of amides is 2. The average molecular weight is 458 g/mol. The average Bonchev–Trinajstić information content (AvgIpc) is 2.77. The van der Waals surface area contributed by atoms with E-state index in [1.807, 2.05) is 0 Å². The third-order valence-electron chi connectivity index (χ3n) is 4.63. The van der Waals surface area contributed by atoms with Crippen LogP contribution in [0.15, 0.2) is 70.8 Å². The molecular formula is C22H22N2O7S. The van der Waals surface area contributed by atoms with Crippen molar-refractivity contribution >= 4 is 27.8 Å². The van der Waals surface area contributed by atoms with Crippen LogP contribution < -0.4 is 10.6 Å². The summed E-state index contributed by atoms with van der Waals surface area (Å²) in [6, 6.07) is 12.8. The van der Waals surface area contributed by atoms with Gasteiger partial charge in [0.1, 0.15) is 6.61 Å². The van der Waals surface area contributed by atoms with Crippen molar-refractivity contribution in [2.24, 2.45) is 0 Å². The second kappa shape index (κ2) is 9.65. The first-order chi connectivity index (χ1) is 15.2. The number of benzene rings is 2. The number of esters is 2. The number of urea groups is 1. The van der Waals surface area contributed by atoms with Gasteiger partial charge in [-0.25, -0.2) is 22.8 Å². The topological polar surface area (TPSA) is 128 Å². The van der Waals surface area contributed by atoms with Crippen molar-refractivity contribution in [1.29, 1.82) is 0 Å². The summed E-state index contributed by atoms with van der Waals surface area (Å²) in [4.78, 5) is 37.4. The van der Waals surface area contributed by atoms with Gasteiger partial charge in [0.05, 0.1) is 34.4 Å². The third kappa shape index (κ3) is 5.33. The first kappa shape index (κ1) is 23.0. The van der Waals surface area contributed by atoms with Gasteiger partial charge in [-0.05, 0) is 30.7 Å². The van der Waals surface area contributed by atoms with Gasteiger partial charge in [-0.2, -0.15) is 0 Å². The second-order valence-corrected chi connectivity index (χ2v) is 8.95. The number of rotatable bonds is 7. The number of carbonyl (C=O) groups is 3. The first-order valence-corrected chi connectivity index (χ1v) is 11.6. The molecule has 2 aromatic carbocycles. The van der Waals surface area contributed by atoms with Crippen LogP contribution in [0.4, 0.5) is 4.79 Å². The number of carbonyl (C=O) groups excluding carboxylic acids is 3. The zero-order chi connectivity index (χ0) is 23.3. The second-order valence-electron chi connectivity index (χ2n) is 6.93. The number of hydrogen-bond acceptors (Lipinski definition) is 7. The maximum absolute atomic E-state index is 12.7. The largest absolute Gasteiger partial charge is 0.463 e. The Morgan fingerprint density at radius 2 is 1.72 bits per heavy atom. The lowest BCUT2D eigenvalue weighted by molar-refractivity contribution is -0.139. The van der Waals surface area contributed by atoms with Crippen molar-refractivity contribution in [3.63, 3.8) is 0 Å². The smallest absolute Gasteiger partial charge is 0.338 e. The molecule has 1 heterocycles. The third-order valence-corrected chi connectivity index (χ3v) is 5.74.